The summed E-state index contributed by atoms with van der Waals surface area (Å²) in [5, 5.41) is 9.05. The first-order valence-electron chi connectivity index (χ1n) is 8.52. The molecule has 1 aliphatic carbocycles. The zero-order valence-corrected chi connectivity index (χ0v) is 13.9. The van der Waals surface area contributed by atoms with Gasteiger partial charge in [-0.3, -0.25) is 14.4 Å². The van der Waals surface area contributed by atoms with Gasteiger partial charge < -0.3 is 14.9 Å². The molecule has 1 aromatic carbocycles. The van der Waals surface area contributed by atoms with Gasteiger partial charge in [-0.1, -0.05) is 0 Å². The van der Waals surface area contributed by atoms with Crippen LogP contribution in [0.25, 0.3) is 0 Å². The lowest BCUT2D eigenvalue weighted by Crippen LogP contribution is -2.51. The summed E-state index contributed by atoms with van der Waals surface area (Å²) in [6, 6.07) is 5.43. The van der Waals surface area contributed by atoms with Gasteiger partial charge in [0, 0.05) is 37.7 Å². The topological polar surface area (TPSA) is 77.9 Å². The Bertz CT molecular complexity index is 668. The predicted octanol–water partition coefficient (Wildman–Crippen LogP) is 1.61. The molecule has 6 nitrogen and oxygen atoms in total. The number of carbonyl (C=O) groups excluding carboxylic acids is 2. The standard InChI is InChI=1S/C18H21FN2O4/c19-15-5-3-12(4-6-15)16(22)20-7-9-21(10-8-20)17(23)13-1-2-14(11-13)18(24)25/h3-6,13-14H,1-2,7-11H2,(H,24,25)/t13-,14+/m0/s1. The number of benzene rings is 1. The molecule has 0 unspecified atom stereocenters. The molecule has 2 fully saturated rings. The number of amides is 2. The van der Waals surface area contributed by atoms with Crippen LogP contribution in [0.15, 0.2) is 24.3 Å². The van der Waals surface area contributed by atoms with Crippen molar-refractivity contribution in [3.63, 3.8) is 0 Å². The third kappa shape index (κ3) is 3.81. The number of carbonyl (C=O) groups is 3. The molecule has 1 aromatic rings. The first-order chi connectivity index (χ1) is 12.0. The van der Waals surface area contributed by atoms with Gasteiger partial charge in [-0.2, -0.15) is 0 Å². The average Bonchev–Trinajstić information content (AvgIpc) is 3.12. The fraction of sp³-hybridized carbons (Fsp3) is 0.500. The molecule has 25 heavy (non-hydrogen) atoms. The maximum Gasteiger partial charge on any atom is 0.306 e. The molecule has 0 bridgehead atoms. The number of carboxylic acids is 1. The smallest absolute Gasteiger partial charge is 0.306 e. The lowest BCUT2D eigenvalue weighted by atomic mass is 10.0. The van der Waals surface area contributed by atoms with E-state index in [0.717, 1.165) is 0 Å². The summed E-state index contributed by atoms with van der Waals surface area (Å²) >= 11 is 0. The molecule has 0 spiro atoms. The van der Waals surface area contributed by atoms with Crippen LogP contribution in [-0.2, 0) is 9.59 Å². The van der Waals surface area contributed by atoms with E-state index in [1.54, 1.807) is 9.80 Å². The Morgan fingerprint density at radius 2 is 1.48 bits per heavy atom. The van der Waals surface area contributed by atoms with Gasteiger partial charge >= 0.3 is 5.97 Å². The van der Waals surface area contributed by atoms with Crippen LogP contribution in [0.5, 0.6) is 0 Å². The number of rotatable bonds is 3. The molecular formula is C18H21FN2O4. The van der Waals surface area contributed by atoms with E-state index < -0.39 is 11.9 Å². The third-order valence-corrected chi connectivity index (χ3v) is 5.10. The maximum atomic E-state index is 13.0. The van der Waals surface area contributed by atoms with Crippen LogP contribution < -0.4 is 0 Å². The Hall–Kier alpha value is -2.44. The second kappa shape index (κ2) is 7.21. The third-order valence-electron chi connectivity index (χ3n) is 5.10. The molecule has 1 saturated heterocycles. The van der Waals surface area contributed by atoms with Crippen LogP contribution in [0.2, 0.25) is 0 Å². The van der Waals surface area contributed by atoms with E-state index in [1.165, 1.54) is 24.3 Å². The van der Waals surface area contributed by atoms with Crippen LogP contribution in [0.1, 0.15) is 29.6 Å². The monoisotopic (exact) mass is 348 g/mol. The highest BCUT2D eigenvalue weighted by molar-refractivity contribution is 5.94. The Labute approximate surface area is 145 Å². The van der Waals surface area contributed by atoms with Crippen LogP contribution >= 0.6 is 0 Å². The summed E-state index contributed by atoms with van der Waals surface area (Å²) in [4.78, 5) is 39.3. The summed E-state index contributed by atoms with van der Waals surface area (Å²) < 4.78 is 13.0. The highest BCUT2D eigenvalue weighted by Crippen LogP contribution is 2.32. The zero-order chi connectivity index (χ0) is 18.0. The van der Waals surface area contributed by atoms with Gasteiger partial charge in [0.2, 0.25) is 5.91 Å². The van der Waals surface area contributed by atoms with Crippen molar-refractivity contribution in [2.45, 2.75) is 19.3 Å². The molecule has 2 aliphatic rings. The molecule has 1 N–H and O–H groups in total. The molecule has 0 radical (unpaired) electrons. The van der Waals surface area contributed by atoms with Gasteiger partial charge in [-0.25, -0.2) is 4.39 Å². The second-order valence-corrected chi connectivity index (χ2v) is 6.67. The van der Waals surface area contributed by atoms with Gasteiger partial charge in [0.05, 0.1) is 5.92 Å². The van der Waals surface area contributed by atoms with Crippen molar-refractivity contribution in [2.24, 2.45) is 11.8 Å². The molecule has 1 saturated carbocycles. The predicted molar refractivity (Wildman–Crippen MR) is 87.4 cm³/mol. The summed E-state index contributed by atoms with van der Waals surface area (Å²) in [6.07, 6.45) is 1.57. The van der Waals surface area contributed by atoms with Crippen LogP contribution in [0, 0.1) is 17.7 Å². The first-order valence-corrected chi connectivity index (χ1v) is 8.52. The van der Waals surface area contributed by atoms with Crippen molar-refractivity contribution in [3.8, 4) is 0 Å². The number of nitrogens with zero attached hydrogens (tertiary/aromatic N) is 2. The molecule has 7 heteroatoms. The molecule has 2 amide bonds. The summed E-state index contributed by atoms with van der Waals surface area (Å²) in [6.45, 7) is 1.74. The van der Waals surface area contributed by atoms with E-state index in [4.69, 9.17) is 5.11 Å². The molecule has 1 aliphatic heterocycles. The minimum absolute atomic E-state index is 0.00219. The van der Waals surface area contributed by atoms with E-state index in [2.05, 4.69) is 0 Å². The normalized spacial score (nSPS) is 23.6. The van der Waals surface area contributed by atoms with Gasteiger partial charge in [-0.15, -0.1) is 0 Å². The molecular weight excluding hydrogens is 327 g/mol. The molecule has 3 rings (SSSR count). The fourth-order valence-electron chi connectivity index (χ4n) is 3.59. The van der Waals surface area contributed by atoms with Crippen molar-refractivity contribution in [3.05, 3.63) is 35.6 Å². The number of hydrogen-bond acceptors (Lipinski definition) is 3. The van der Waals surface area contributed by atoms with E-state index in [1.807, 2.05) is 0 Å². The molecule has 2 atom stereocenters. The van der Waals surface area contributed by atoms with E-state index >= 15 is 0 Å². The number of hydrogen-bond donors (Lipinski definition) is 1. The van der Waals surface area contributed by atoms with Crippen molar-refractivity contribution in [1.82, 2.24) is 9.80 Å². The SMILES string of the molecule is O=C(O)[C@@H]1CC[C@H](C(=O)N2CCN(C(=O)c3ccc(F)cc3)CC2)C1. The minimum atomic E-state index is -0.829. The van der Waals surface area contributed by atoms with E-state index in [-0.39, 0.29) is 23.5 Å². The first kappa shape index (κ1) is 17.4. The molecule has 0 aromatic heterocycles. The average molecular weight is 348 g/mol. The number of halogens is 1. The van der Waals surface area contributed by atoms with Crippen molar-refractivity contribution < 1.29 is 23.9 Å². The quantitative estimate of drug-likeness (QED) is 0.900. The van der Waals surface area contributed by atoms with Crippen molar-refractivity contribution in [2.75, 3.05) is 26.2 Å². The number of carboxylic acid groups (broad SMARTS) is 1. The number of aliphatic carboxylic acids is 1. The van der Waals surface area contributed by atoms with Gasteiger partial charge in [0.15, 0.2) is 0 Å². The van der Waals surface area contributed by atoms with Gasteiger partial charge in [0.25, 0.3) is 5.91 Å². The van der Waals surface area contributed by atoms with Gasteiger partial charge in [-0.05, 0) is 43.5 Å². The summed E-state index contributed by atoms with van der Waals surface area (Å²) in [7, 11) is 0. The fourth-order valence-corrected chi connectivity index (χ4v) is 3.59. The van der Waals surface area contributed by atoms with Gasteiger partial charge in [0.1, 0.15) is 5.82 Å². The van der Waals surface area contributed by atoms with Crippen molar-refractivity contribution in [1.29, 1.82) is 0 Å². The van der Waals surface area contributed by atoms with Crippen LogP contribution in [0.4, 0.5) is 4.39 Å². The Balaban J connectivity index is 1.53. The Morgan fingerprint density at radius 3 is 2.04 bits per heavy atom. The largest absolute Gasteiger partial charge is 0.481 e. The van der Waals surface area contributed by atoms with E-state index in [9.17, 15) is 18.8 Å². The minimum Gasteiger partial charge on any atom is -0.481 e. The van der Waals surface area contributed by atoms with Crippen LogP contribution in [-0.4, -0.2) is 58.9 Å². The molecule has 134 valence electrons. The van der Waals surface area contributed by atoms with E-state index in [0.29, 0.717) is 51.0 Å². The summed E-state index contributed by atoms with van der Waals surface area (Å²) in [5.41, 5.74) is 0.432. The lowest BCUT2D eigenvalue weighted by Gasteiger charge is -2.36. The number of piperazine rings is 1. The highest BCUT2D eigenvalue weighted by Gasteiger charge is 2.37. The maximum absolute atomic E-state index is 13.0. The Kier molecular flexibility index (Phi) is 5.01. The molecule has 1 heterocycles. The zero-order valence-electron chi connectivity index (χ0n) is 13.9. The Morgan fingerprint density at radius 1 is 0.920 bits per heavy atom. The van der Waals surface area contributed by atoms with Crippen molar-refractivity contribution >= 4 is 17.8 Å². The summed E-state index contributed by atoms with van der Waals surface area (Å²) in [5.74, 6) is -2.03. The lowest BCUT2D eigenvalue weighted by molar-refractivity contribution is -0.142. The highest BCUT2D eigenvalue weighted by atomic mass is 19.1. The van der Waals surface area contributed by atoms with Crippen LogP contribution in [0.3, 0.4) is 0 Å². The second-order valence-electron chi connectivity index (χ2n) is 6.67.